The van der Waals surface area contributed by atoms with E-state index in [0.717, 1.165) is 0 Å². The van der Waals surface area contributed by atoms with Crippen LogP contribution in [0, 0.1) is 5.92 Å². The van der Waals surface area contributed by atoms with Crippen molar-refractivity contribution in [1.82, 2.24) is 5.32 Å². The molecule has 0 bridgehead atoms. The lowest BCUT2D eigenvalue weighted by atomic mass is 10.00. The lowest BCUT2D eigenvalue weighted by Crippen LogP contribution is -2.45. The Morgan fingerprint density at radius 2 is 1.94 bits per heavy atom. The fraction of sp³-hybridized carbons (Fsp3) is 0.857. The molecule has 1 aliphatic rings. The molecule has 0 saturated carbocycles. The van der Waals surface area contributed by atoms with Gasteiger partial charge in [-0.15, -0.1) is 0 Å². The minimum atomic E-state index is -4.86. The van der Waals surface area contributed by atoms with Gasteiger partial charge in [-0.1, -0.05) is 0 Å². The molecule has 0 aromatic rings. The maximum absolute atomic E-state index is 12.6. The van der Waals surface area contributed by atoms with Crippen molar-refractivity contribution in [2.75, 3.05) is 12.8 Å². The Balaban J connectivity index is 3.13. The fourth-order valence-electron chi connectivity index (χ4n) is 1.77. The molecule has 1 aliphatic heterocycles. The minimum Gasteiger partial charge on any atom is -0.480 e. The molecule has 1 heterocycles. The van der Waals surface area contributed by atoms with Gasteiger partial charge in [0.15, 0.2) is 9.84 Å². The van der Waals surface area contributed by atoms with Gasteiger partial charge in [0.05, 0.1) is 11.2 Å². The standard InChI is InChI=1S/C7H10F3NO4S/c1-16(14,15)3-2-11-5(6(12)13)4(3)7(8,9)10/h3-5,11H,2H2,1H3,(H,12,13). The van der Waals surface area contributed by atoms with Crippen molar-refractivity contribution in [1.29, 1.82) is 0 Å². The fourth-order valence-corrected chi connectivity index (χ4v) is 3.01. The minimum absolute atomic E-state index is 0.500. The first-order chi connectivity index (χ1) is 7.05. The van der Waals surface area contributed by atoms with Crippen LogP contribution in [0.15, 0.2) is 0 Å². The molecule has 0 amide bonds. The third-order valence-corrected chi connectivity index (χ3v) is 4.05. The second-order valence-corrected chi connectivity index (χ2v) is 5.92. The van der Waals surface area contributed by atoms with Crippen LogP contribution in [0.5, 0.6) is 0 Å². The Labute approximate surface area is 89.6 Å². The van der Waals surface area contributed by atoms with Gasteiger partial charge >= 0.3 is 12.1 Å². The monoisotopic (exact) mass is 261 g/mol. The number of alkyl halides is 3. The Kier molecular flexibility index (Phi) is 3.21. The Morgan fingerprint density at radius 3 is 2.25 bits per heavy atom. The highest BCUT2D eigenvalue weighted by atomic mass is 32.2. The van der Waals surface area contributed by atoms with Crippen LogP contribution >= 0.6 is 0 Å². The summed E-state index contributed by atoms with van der Waals surface area (Å²) < 4.78 is 60.0. The highest BCUT2D eigenvalue weighted by molar-refractivity contribution is 7.91. The van der Waals surface area contributed by atoms with Crippen molar-refractivity contribution in [3.63, 3.8) is 0 Å². The van der Waals surface area contributed by atoms with Gasteiger partial charge in [-0.05, 0) is 0 Å². The van der Waals surface area contributed by atoms with Crippen molar-refractivity contribution in [3.8, 4) is 0 Å². The van der Waals surface area contributed by atoms with Crippen molar-refractivity contribution in [2.24, 2.45) is 5.92 Å². The Bertz CT molecular complexity index is 391. The maximum atomic E-state index is 12.6. The number of nitrogens with one attached hydrogen (secondary N) is 1. The van der Waals surface area contributed by atoms with Gasteiger partial charge in [0, 0.05) is 12.8 Å². The van der Waals surface area contributed by atoms with Crippen LogP contribution in [0.2, 0.25) is 0 Å². The van der Waals surface area contributed by atoms with Crippen LogP contribution in [-0.2, 0) is 14.6 Å². The van der Waals surface area contributed by atoms with Crippen molar-refractivity contribution in [3.05, 3.63) is 0 Å². The summed E-state index contributed by atoms with van der Waals surface area (Å²) >= 11 is 0. The molecule has 5 nitrogen and oxygen atoms in total. The van der Waals surface area contributed by atoms with Crippen LogP contribution in [0.3, 0.4) is 0 Å². The van der Waals surface area contributed by atoms with E-state index < -0.39 is 45.7 Å². The molecule has 3 atom stereocenters. The van der Waals surface area contributed by atoms with Gasteiger partial charge in [-0.3, -0.25) is 4.79 Å². The molecule has 0 aromatic heterocycles. The summed E-state index contributed by atoms with van der Waals surface area (Å²) in [5.74, 6) is -4.10. The van der Waals surface area contributed by atoms with Crippen LogP contribution < -0.4 is 5.32 Å². The molecule has 1 rings (SSSR count). The smallest absolute Gasteiger partial charge is 0.395 e. The number of carbonyl (C=O) groups is 1. The molecule has 1 saturated heterocycles. The van der Waals surface area contributed by atoms with E-state index in [0.29, 0.717) is 6.26 Å². The van der Waals surface area contributed by atoms with Gasteiger partial charge in [-0.2, -0.15) is 13.2 Å². The van der Waals surface area contributed by atoms with E-state index in [1.807, 2.05) is 0 Å². The molecule has 94 valence electrons. The largest absolute Gasteiger partial charge is 0.480 e. The van der Waals surface area contributed by atoms with Gasteiger partial charge in [0.2, 0.25) is 0 Å². The second kappa shape index (κ2) is 3.88. The van der Waals surface area contributed by atoms with E-state index in [4.69, 9.17) is 5.11 Å². The SMILES string of the molecule is CS(=O)(=O)C1CNC(C(=O)O)C1C(F)(F)F. The summed E-state index contributed by atoms with van der Waals surface area (Å²) in [4.78, 5) is 10.6. The zero-order chi connectivity index (χ0) is 12.7. The molecular formula is C7H10F3NO4S. The lowest BCUT2D eigenvalue weighted by molar-refractivity contribution is -0.182. The summed E-state index contributed by atoms with van der Waals surface area (Å²) in [6, 6.07) is -1.90. The molecule has 3 unspecified atom stereocenters. The average Bonchev–Trinajstić information content (AvgIpc) is 2.43. The number of hydrogen-bond acceptors (Lipinski definition) is 4. The van der Waals surface area contributed by atoms with Crippen molar-refractivity contribution >= 4 is 15.8 Å². The van der Waals surface area contributed by atoms with Gasteiger partial charge < -0.3 is 10.4 Å². The summed E-state index contributed by atoms with van der Waals surface area (Å²) in [6.07, 6.45) is -4.19. The number of sulfone groups is 1. The van der Waals surface area contributed by atoms with E-state index in [-0.39, 0.29) is 0 Å². The molecule has 2 N–H and O–H groups in total. The molecule has 9 heteroatoms. The lowest BCUT2D eigenvalue weighted by Gasteiger charge is -2.23. The Hall–Kier alpha value is -0.830. The van der Waals surface area contributed by atoms with Crippen LogP contribution in [0.1, 0.15) is 0 Å². The normalized spacial score (nSPS) is 31.6. The molecule has 0 radical (unpaired) electrons. The molecule has 16 heavy (non-hydrogen) atoms. The van der Waals surface area contributed by atoms with E-state index in [2.05, 4.69) is 5.32 Å². The molecule has 0 aromatic carbocycles. The first kappa shape index (κ1) is 13.2. The molecular weight excluding hydrogens is 251 g/mol. The summed E-state index contributed by atoms with van der Waals surface area (Å²) in [7, 11) is -3.95. The summed E-state index contributed by atoms with van der Waals surface area (Å²) in [5.41, 5.74) is 0. The van der Waals surface area contributed by atoms with Crippen molar-refractivity contribution in [2.45, 2.75) is 17.5 Å². The molecule has 0 aliphatic carbocycles. The van der Waals surface area contributed by atoms with Crippen LogP contribution in [0.4, 0.5) is 13.2 Å². The predicted molar refractivity (Wildman–Crippen MR) is 47.6 cm³/mol. The van der Waals surface area contributed by atoms with E-state index in [1.54, 1.807) is 0 Å². The number of carboxylic acid groups (broad SMARTS) is 1. The highest BCUT2D eigenvalue weighted by Crippen LogP contribution is 2.37. The van der Waals surface area contributed by atoms with E-state index in [9.17, 15) is 26.4 Å². The van der Waals surface area contributed by atoms with Gasteiger partial charge in [-0.25, -0.2) is 8.42 Å². The first-order valence-corrected chi connectivity index (χ1v) is 6.22. The number of carboxylic acids is 1. The number of rotatable bonds is 2. The zero-order valence-corrected chi connectivity index (χ0v) is 8.97. The van der Waals surface area contributed by atoms with Gasteiger partial charge in [0.25, 0.3) is 0 Å². The number of halogens is 3. The summed E-state index contributed by atoms with van der Waals surface area (Å²) in [6.45, 7) is -0.500. The van der Waals surface area contributed by atoms with E-state index >= 15 is 0 Å². The molecule has 1 fully saturated rings. The van der Waals surface area contributed by atoms with Crippen molar-refractivity contribution < 1.29 is 31.5 Å². The third-order valence-electron chi connectivity index (χ3n) is 2.49. The topological polar surface area (TPSA) is 83.5 Å². The van der Waals surface area contributed by atoms with Gasteiger partial charge in [0.1, 0.15) is 6.04 Å². The highest BCUT2D eigenvalue weighted by Gasteiger charge is 2.58. The number of aliphatic carboxylic acids is 1. The van der Waals surface area contributed by atoms with Crippen LogP contribution in [0.25, 0.3) is 0 Å². The number of hydrogen-bond donors (Lipinski definition) is 2. The molecule has 0 spiro atoms. The first-order valence-electron chi connectivity index (χ1n) is 4.27. The third kappa shape index (κ3) is 2.46. The van der Waals surface area contributed by atoms with Crippen LogP contribution in [-0.4, -0.2) is 49.8 Å². The average molecular weight is 261 g/mol. The maximum Gasteiger partial charge on any atom is 0.395 e. The summed E-state index contributed by atoms with van der Waals surface area (Å²) in [5, 5.41) is 8.90. The second-order valence-electron chi connectivity index (χ2n) is 3.66. The zero-order valence-electron chi connectivity index (χ0n) is 8.15. The Morgan fingerprint density at radius 1 is 1.44 bits per heavy atom. The quantitative estimate of drug-likeness (QED) is 0.709. The van der Waals surface area contributed by atoms with E-state index in [1.165, 1.54) is 0 Å². The predicted octanol–water partition coefficient (Wildman–Crippen LogP) is -0.365.